The van der Waals surface area contributed by atoms with E-state index in [0.29, 0.717) is 48.6 Å². The smallest absolute Gasteiger partial charge is 0.338 e. The van der Waals surface area contributed by atoms with Crippen LogP contribution < -0.4 is 24.4 Å². The maximum Gasteiger partial charge on any atom is 0.338 e. The van der Waals surface area contributed by atoms with Gasteiger partial charge in [-0.3, -0.25) is 9.36 Å². The van der Waals surface area contributed by atoms with E-state index in [0.717, 1.165) is 16.7 Å². The molecule has 0 saturated carbocycles. The number of aryl methyl sites for hydroxylation is 1. The summed E-state index contributed by atoms with van der Waals surface area (Å²) >= 11 is 7.45. The third-order valence-electron chi connectivity index (χ3n) is 7.46. The Balaban J connectivity index is 1.58. The van der Waals surface area contributed by atoms with Gasteiger partial charge in [0.2, 0.25) is 0 Å². The van der Waals surface area contributed by atoms with Gasteiger partial charge in [-0.25, -0.2) is 9.79 Å². The van der Waals surface area contributed by atoms with Gasteiger partial charge in [0.1, 0.15) is 11.5 Å². The molecule has 0 saturated heterocycles. The molecule has 0 fully saturated rings. The summed E-state index contributed by atoms with van der Waals surface area (Å²) in [7, 11) is 3.08. The van der Waals surface area contributed by atoms with Gasteiger partial charge in [-0.2, -0.15) is 0 Å². The van der Waals surface area contributed by atoms with Gasteiger partial charge in [-0.05, 0) is 61.4 Å². The fraction of sp³-hybridized carbons (Fsp3) is 0.171. The van der Waals surface area contributed by atoms with Crippen LogP contribution in [0.25, 0.3) is 23.1 Å². The van der Waals surface area contributed by atoms with Gasteiger partial charge < -0.3 is 18.6 Å². The lowest BCUT2D eigenvalue weighted by Crippen LogP contribution is -2.40. The number of rotatable bonds is 8. The Morgan fingerprint density at radius 1 is 1.02 bits per heavy atom. The molecular formula is C35H29ClN2O6S. The Morgan fingerprint density at radius 3 is 2.53 bits per heavy atom. The number of furan rings is 1. The van der Waals surface area contributed by atoms with E-state index in [1.807, 2.05) is 67.6 Å². The molecular weight excluding hydrogens is 612 g/mol. The highest BCUT2D eigenvalue weighted by atomic mass is 35.5. The molecule has 0 bridgehead atoms. The minimum atomic E-state index is -0.862. The third kappa shape index (κ3) is 5.72. The zero-order valence-electron chi connectivity index (χ0n) is 25.0. The molecule has 0 amide bonds. The van der Waals surface area contributed by atoms with Crippen LogP contribution in [0.1, 0.15) is 35.4 Å². The van der Waals surface area contributed by atoms with E-state index in [1.54, 1.807) is 38.3 Å². The van der Waals surface area contributed by atoms with Crippen LogP contribution in [0.2, 0.25) is 5.02 Å². The molecule has 228 valence electrons. The number of fused-ring (bicyclic) bond motifs is 1. The number of benzene rings is 3. The Labute approximate surface area is 268 Å². The van der Waals surface area contributed by atoms with Crippen LogP contribution in [0.15, 0.2) is 98.6 Å². The number of carbonyl (C=O) groups is 1. The minimum Gasteiger partial charge on any atom is -0.493 e. The first-order chi connectivity index (χ1) is 21.8. The van der Waals surface area contributed by atoms with E-state index in [9.17, 15) is 9.59 Å². The predicted molar refractivity (Wildman–Crippen MR) is 174 cm³/mol. The van der Waals surface area contributed by atoms with Crippen molar-refractivity contribution in [2.24, 2.45) is 4.99 Å². The third-order valence-corrected chi connectivity index (χ3v) is 8.68. The Hall–Kier alpha value is -4.86. The number of aromatic nitrogens is 1. The first-order valence-corrected chi connectivity index (χ1v) is 15.4. The Kier molecular flexibility index (Phi) is 8.47. The summed E-state index contributed by atoms with van der Waals surface area (Å²) in [6.07, 6.45) is 1.69. The molecule has 0 aliphatic carbocycles. The maximum absolute atomic E-state index is 14.2. The fourth-order valence-corrected chi connectivity index (χ4v) is 6.50. The molecule has 0 radical (unpaired) electrons. The van der Waals surface area contributed by atoms with Gasteiger partial charge in [0.15, 0.2) is 16.3 Å². The number of ether oxygens (including phenoxy) is 3. The van der Waals surface area contributed by atoms with E-state index in [4.69, 9.17) is 35.2 Å². The highest BCUT2D eigenvalue weighted by Gasteiger charge is 2.35. The van der Waals surface area contributed by atoms with Crippen molar-refractivity contribution in [3.63, 3.8) is 0 Å². The van der Waals surface area contributed by atoms with Gasteiger partial charge in [0.25, 0.3) is 5.56 Å². The quantitative estimate of drug-likeness (QED) is 0.188. The van der Waals surface area contributed by atoms with E-state index < -0.39 is 12.0 Å². The maximum atomic E-state index is 14.2. The van der Waals surface area contributed by atoms with Crippen LogP contribution in [-0.4, -0.2) is 31.4 Å². The summed E-state index contributed by atoms with van der Waals surface area (Å²) in [6.45, 7) is 3.87. The average Bonchev–Trinajstić information content (AvgIpc) is 3.65. The summed E-state index contributed by atoms with van der Waals surface area (Å²) in [5, 5.41) is 0.601. The van der Waals surface area contributed by atoms with E-state index >= 15 is 0 Å². The topological polar surface area (TPSA) is 92.3 Å². The molecule has 6 rings (SSSR count). The lowest BCUT2D eigenvalue weighted by molar-refractivity contribution is -0.138. The summed E-state index contributed by atoms with van der Waals surface area (Å²) in [6, 6.07) is 23.1. The van der Waals surface area contributed by atoms with Crippen molar-refractivity contribution in [3.05, 3.63) is 132 Å². The van der Waals surface area contributed by atoms with Crippen molar-refractivity contribution in [2.75, 3.05) is 20.8 Å². The number of methoxy groups -OCH3 is 2. The van der Waals surface area contributed by atoms with Crippen LogP contribution in [0.3, 0.4) is 0 Å². The number of halogens is 1. The summed E-state index contributed by atoms with van der Waals surface area (Å²) < 4.78 is 24.7. The highest BCUT2D eigenvalue weighted by molar-refractivity contribution is 7.07. The molecule has 1 aliphatic heterocycles. The SMILES string of the molecule is CCOC(=O)C1=C(c2ccccc2)N=c2s/c(=C\c3ccc(-c4cc(Cl)ccc4C)o3)c(=O)n2[C@H]1c1ccc(OC)c(OC)c1. The first-order valence-electron chi connectivity index (χ1n) is 14.2. The van der Waals surface area contributed by atoms with E-state index in [2.05, 4.69) is 0 Å². The van der Waals surface area contributed by atoms with Crippen molar-refractivity contribution in [1.82, 2.24) is 4.57 Å². The lowest BCUT2D eigenvalue weighted by atomic mass is 9.93. The molecule has 0 N–H and O–H groups in total. The molecule has 1 aliphatic rings. The number of esters is 1. The molecule has 10 heteroatoms. The zero-order valence-corrected chi connectivity index (χ0v) is 26.6. The van der Waals surface area contributed by atoms with Crippen LogP contribution >= 0.6 is 22.9 Å². The molecule has 2 aromatic heterocycles. The second-order valence-electron chi connectivity index (χ2n) is 10.2. The van der Waals surface area contributed by atoms with Crippen molar-refractivity contribution in [2.45, 2.75) is 19.9 Å². The first kappa shape index (κ1) is 30.2. The van der Waals surface area contributed by atoms with Crippen molar-refractivity contribution in [3.8, 4) is 22.8 Å². The van der Waals surface area contributed by atoms with Crippen LogP contribution in [0.4, 0.5) is 0 Å². The number of carbonyl (C=O) groups excluding carboxylic acids is 1. The molecule has 3 aromatic carbocycles. The molecule has 0 unspecified atom stereocenters. The standard InChI is InChI=1S/C35H29ClN2O6S/c1-5-43-34(40)30-31(21-9-7-6-8-10-21)37-35-38(32(30)22-12-15-27(41-3)28(17-22)42-4)33(39)29(45-35)19-24-14-16-26(44-24)25-18-23(36)13-11-20(25)2/h6-19,32H,5H2,1-4H3/b29-19-/t32-/m0/s1. The van der Waals surface area contributed by atoms with Gasteiger partial charge in [0.05, 0.1) is 42.7 Å². The second-order valence-corrected chi connectivity index (χ2v) is 11.7. The monoisotopic (exact) mass is 640 g/mol. The van der Waals surface area contributed by atoms with Crippen molar-refractivity contribution in [1.29, 1.82) is 0 Å². The number of hydrogen-bond donors (Lipinski definition) is 0. The minimum absolute atomic E-state index is 0.153. The Bertz CT molecular complexity index is 2130. The number of thiazole rings is 1. The van der Waals surface area contributed by atoms with Crippen LogP contribution in [0.5, 0.6) is 11.5 Å². The number of hydrogen-bond acceptors (Lipinski definition) is 8. The van der Waals surface area contributed by atoms with Gasteiger partial charge >= 0.3 is 5.97 Å². The predicted octanol–water partition coefficient (Wildman–Crippen LogP) is 6.17. The fourth-order valence-electron chi connectivity index (χ4n) is 5.34. The molecule has 45 heavy (non-hydrogen) atoms. The second kappa shape index (κ2) is 12.6. The lowest BCUT2D eigenvalue weighted by Gasteiger charge is -2.26. The largest absolute Gasteiger partial charge is 0.493 e. The summed E-state index contributed by atoms with van der Waals surface area (Å²) in [5.41, 5.74) is 3.56. The van der Waals surface area contributed by atoms with E-state index in [1.165, 1.54) is 23.0 Å². The zero-order chi connectivity index (χ0) is 31.7. The van der Waals surface area contributed by atoms with Crippen molar-refractivity contribution < 1.29 is 23.4 Å². The Morgan fingerprint density at radius 2 is 1.80 bits per heavy atom. The van der Waals surface area contributed by atoms with Crippen LogP contribution in [-0.2, 0) is 9.53 Å². The molecule has 1 atom stereocenters. The highest BCUT2D eigenvalue weighted by Crippen LogP contribution is 2.38. The average molecular weight is 641 g/mol. The number of nitrogens with zero attached hydrogens (tertiary/aromatic N) is 2. The van der Waals surface area contributed by atoms with Crippen LogP contribution in [0, 0.1) is 6.92 Å². The summed E-state index contributed by atoms with van der Waals surface area (Å²) in [5.74, 6) is 1.53. The normalized spacial score (nSPS) is 14.6. The van der Waals surface area contributed by atoms with Gasteiger partial charge in [-0.15, -0.1) is 0 Å². The molecule has 3 heterocycles. The summed E-state index contributed by atoms with van der Waals surface area (Å²) in [4.78, 5) is 33.2. The molecule has 0 spiro atoms. The van der Waals surface area contributed by atoms with Gasteiger partial charge in [-0.1, -0.05) is 65.4 Å². The van der Waals surface area contributed by atoms with E-state index in [-0.39, 0.29) is 17.7 Å². The molecule has 5 aromatic rings. The molecule has 8 nitrogen and oxygen atoms in total. The van der Waals surface area contributed by atoms with Crippen molar-refractivity contribution >= 4 is 40.7 Å². The van der Waals surface area contributed by atoms with Gasteiger partial charge in [0, 0.05) is 22.2 Å².